The van der Waals surface area contributed by atoms with Gasteiger partial charge in [0.25, 0.3) is 0 Å². The summed E-state index contributed by atoms with van der Waals surface area (Å²) in [6.45, 7) is -0.271. The van der Waals surface area contributed by atoms with Gasteiger partial charge in [-0.25, -0.2) is 0 Å². The van der Waals surface area contributed by atoms with Crippen LogP contribution in [0.1, 0.15) is 36.5 Å². The maximum absolute atomic E-state index is 11.8. The third-order valence-corrected chi connectivity index (χ3v) is 3.15. The summed E-state index contributed by atoms with van der Waals surface area (Å²) in [6, 6.07) is 0. The van der Waals surface area contributed by atoms with Crippen molar-refractivity contribution in [2.45, 2.75) is 44.7 Å². The van der Waals surface area contributed by atoms with Crippen LogP contribution in [0.15, 0.2) is 12.4 Å². The number of fused-ring (bicyclic) bond motifs is 1. The van der Waals surface area contributed by atoms with Gasteiger partial charge in [-0.2, -0.15) is 0 Å². The number of rotatable bonds is 3. The van der Waals surface area contributed by atoms with E-state index in [1.807, 2.05) is 6.20 Å². The van der Waals surface area contributed by atoms with E-state index >= 15 is 0 Å². The molecule has 1 heterocycles. The number of aliphatic hydroxyl groups excluding tert-OH is 1. The highest BCUT2D eigenvalue weighted by Crippen LogP contribution is 2.29. The molecule has 1 atom stereocenters. The zero-order valence-corrected chi connectivity index (χ0v) is 9.91. The molecule has 1 N–H and O–H groups in total. The summed E-state index contributed by atoms with van der Waals surface area (Å²) in [7, 11) is 0. The number of hydrogen-bond acceptors (Lipinski definition) is 2. The topological polar surface area (TPSA) is 34.4 Å². The minimum absolute atomic E-state index is 0.138. The largest absolute Gasteiger partial charge is 0.522 e. The number of aliphatic hydroxyl groups is 1. The Kier molecular flexibility index (Phi) is 3.97. The van der Waals surface area contributed by atoms with E-state index in [1.165, 1.54) is 0 Å². The van der Waals surface area contributed by atoms with Crippen molar-refractivity contribution in [2.75, 3.05) is 6.61 Å². The van der Waals surface area contributed by atoms with Crippen molar-refractivity contribution in [3.63, 3.8) is 0 Å². The van der Waals surface area contributed by atoms with Crippen LogP contribution in [0, 0.1) is 0 Å². The van der Waals surface area contributed by atoms with Crippen LogP contribution in [0.4, 0.5) is 13.2 Å². The molecule has 0 saturated heterocycles. The molecule has 0 saturated carbocycles. The standard InChI is InChI=1S/C12H16F3NO2/c13-12(14,15)18-6-5-16-7-9-3-1-2-4-11(17)10(9)8-16/h7-8,11,17H,1-6H2. The summed E-state index contributed by atoms with van der Waals surface area (Å²) in [6.07, 6.45) is 2.04. The molecule has 3 nitrogen and oxygen atoms in total. The molecule has 0 spiro atoms. The number of hydrogen-bond donors (Lipinski definition) is 1. The molecular formula is C12H16F3NO2. The third kappa shape index (κ3) is 3.49. The second kappa shape index (κ2) is 5.32. The Morgan fingerprint density at radius 3 is 2.83 bits per heavy atom. The first-order valence-electron chi connectivity index (χ1n) is 6.03. The molecule has 0 aromatic carbocycles. The van der Waals surface area contributed by atoms with Crippen molar-refractivity contribution < 1.29 is 23.0 Å². The van der Waals surface area contributed by atoms with E-state index in [1.54, 1.807) is 10.8 Å². The first-order valence-corrected chi connectivity index (χ1v) is 6.03. The highest BCUT2D eigenvalue weighted by Gasteiger charge is 2.28. The van der Waals surface area contributed by atoms with Crippen LogP contribution in [-0.2, 0) is 17.7 Å². The van der Waals surface area contributed by atoms with E-state index in [4.69, 9.17) is 0 Å². The number of aryl methyl sites for hydroxylation is 1. The molecule has 0 fully saturated rings. The quantitative estimate of drug-likeness (QED) is 0.851. The molecule has 102 valence electrons. The van der Waals surface area contributed by atoms with Crippen LogP contribution in [-0.4, -0.2) is 22.6 Å². The predicted molar refractivity (Wildman–Crippen MR) is 59.0 cm³/mol. The van der Waals surface area contributed by atoms with Gasteiger partial charge in [0, 0.05) is 24.5 Å². The fourth-order valence-electron chi connectivity index (χ4n) is 2.29. The maximum Gasteiger partial charge on any atom is 0.522 e. The second-order valence-electron chi connectivity index (χ2n) is 4.53. The molecule has 6 heteroatoms. The Hall–Kier alpha value is -1.01. The van der Waals surface area contributed by atoms with Crippen LogP contribution in [0.2, 0.25) is 0 Å². The summed E-state index contributed by atoms with van der Waals surface area (Å²) >= 11 is 0. The second-order valence-corrected chi connectivity index (χ2v) is 4.53. The van der Waals surface area contributed by atoms with E-state index < -0.39 is 19.1 Å². The SMILES string of the molecule is OC1CCCCc2cn(CCOC(F)(F)F)cc21. The lowest BCUT2D eigenvalue weighted by Crippen LogP contribution is -2.17. The highest BCUT2D eigenvalue weighted by atomic mass is 19.4. The first kappa shape index (κ1) is 13.4. The van der Waals surface area contributed by atoms with Gasteiger partial charge in [0.1, 0.15) is 0 Å². The zero-order chi connectivity index (χ0) is 13.2. The van der Waals surface area contributed by atoms with Gasteiger partial charge >= 0.3 is 6.36 Å². The normalized spacial score (nSPS) is 20.6. The number of halogens is 3. The number of alkyl halides is 3. The number of aromatic nitrogens is 1. The Balaban J connectivity index is 1.97. The first-order chi connectivity index (χ1) is 8.46. The van der Waals surface area contributed by atoms with Crippen LogP contribution >= 0.6 is 0 Å². The van der Waals surface area contributed by atoms with E-state index in [0.717, 1.165) is 36.8 Å². The molecule has 0 bridgehead atoms. The zero-order valence-electron chi connectivity index (χ0n) is 9.91. The molecule has 2 rings (SSSR count). The van der Waals surface area contributed by atoms with Gasteiger partial charge in [0.15, 0.2) is 0 Å². The maximum atomic E-state index is 11.8. The van der Waals surface area contributed by atoms with Crippen LogP contribution in [0.3, 0.4) is 0 Å². The lowest BCUT2D eigenvalue weighted by atomic mass is 10.1. The Bertz CT molecular complexity index is 401. The minimum Gasteiger partial charge on any atom is -0.388 e. The third-order valence-electron chi connectivity index (χ3n) is 3.15. The summed E-state index contributed by atoms with van der Waals surface area (Å²) in [5, 5.41) is 9.88. The van der Waals surface area contributed by atoms with Crippen molar-refractivity contribution in [2.24, 2.45) is 0 Å². The van der Waals surface area contributed by atoms with Crippen LogP contribution in [0.25, 0.3) is 0 Å². The number of ether oxygens (including phenoxy) is 1. The van der Waals surface area contributed by atoms with Gasteiger partial charge in [-0.15, -0.1) is 13.2 Å². The number of nitrogens with zero attached hydrogens (tertiary/aromatic N) is 1. The van der Waals surface area contributed by atoms with Gasteiger partial charge in [0.2, 0.25) is 0 Å². The van der Waals surface area contributed by atoms with Gasteiger partial charge in [-0.1, -0.05) is 6.42 Å². The average Bonchev–Trinajstić information content (AvgIpc) is 2.58. The van der Waals surface area contributed by atoms with E-state index in [9.17, 15) is 18.3 Å². The van der Waals surface area contributed by atoms with Crippen LogP contribution < -0.4 is 0 Å². The van der Waals surface area contributed by atoms with E-state index in [2.05, 4.69) is 4.74 Å². The average molecular weight is 263 g/mol. The molecule has 1 aromatic rings. The summed E-state index contributed by atoms with van der Waals surface area (Å²) in [4.78, 5) is 0. The minimum atomic E-state index is -4.58. The fourth-order valence-corrected chi connectivity index (χ4v) is 2.29. The molecular weight excluding hydrogens is 247 g/mol. The molecule has 0 radical (unpaired) electrons. The lowest BCUT2D eigenvalue weighted by Gasteiger charge is -2.08. The molecule has 0 amide bonds. The van der Waals surface area contributed by atoms with Crippen molar-refractivity contribution in [3.8, 4) is 0 Å². The smallest absolute Gasteiger partial charge is 0.388 e. The molecule has 1 aliphatic carbocycles. The van der Waals surface area contributed by atoms with Crippen molar-refractivity contribution in [1.29, 1.82) is 0 Å². The molecule has 18 heavy (non-hydrogen) atoms. The fraction of sp³-hybridized carbons (Fsp3) is 0.667. The molecule has 1 unspecified atom stereocenters. The van der Waals surface area contributed by atoms with Gasteiger partial charge in [-0.3, -0.25) is 4.74 Å². The van der Waals surface area contributed by atoms with Crippen LogP contribution in [0.5, 0.6) is 0 Å². The van der Waals surface area contributed by atoms with Crippen molar-refractivity contribution >= 4 is 0 Å². The Morgan fingerprint density at radius 1 is 1.33 bits per heavy atom. The summed E-state index contributed by atoms with van der Waals surface area (Å²) in [5.41, 5.74) is 1.88. The molecule has 1 aliphatic rings. The van der Waals surface area contributed by atoms with Gasteiger partial charge < -0.3 is 9.67 Å². The lowest BCUT2D eigenvalue weighted by molar-refractivity contribution is -0.325. The van der Waals surface area contributed by atoms with Gasteiger partial charge in [0.05, 0.1) is 12.7 Å². The predicted octanol–water partition coefficient (Wildman–Crippen LogP) is 2.78. The Morgan fingerprint density at radius 2 is 2.11 bits per heavy atom. The van der Waals surface area contributed by atoms with Crippen molar-refractivity contribution in [3.05, 3.63) is 23.5 Å². The molecule has 1 aromatic heterocycles. The van der Waals surface area contributed by atoms with E-state index in [0.29, 0.717) is 0 Å². The Labute approximate surface area is 103 Å². The van der Waals surface area contributed by atoms with Gasteiger partial charge in [-0.05, 0) is 24.8 Å². The van der Waals surface area contributed by atoms with E-state index in [-0.39, 0.29) is 6.54 Å². The summed E-state index contributed by atoms with van der Waals surface area (Å²) < 4.78 is 40.9. The summed E-state index contributed by atoms with van der Waals surface area (Å²) in [5.74, 6) is 0. The highest BCUT2D eigenvalue weighted by molar-refractivity contribution is 5.27. The van der Waals surface area contributed by atoms with Crippen molar-refractivity contribution in [1.82, 2.24) is 4.57 Å². The molecule has 0 aliphatic heterocycles. The monoisotopic (exact) mass is 263 g/mol.